The van der Waals surface area contributed by atoms with Gasteiger partial charge >= 0.3 is 0 Å². The molecule has 0 fully saturated rings. The Hall–Kier alpha value is -1.77. The van der Waals surface area contributed by atoms with Crippen LogP contribution in [-0.2, 0) is 23.2 Å². The number of nitrogens with two attached hydrogens (primary N) is 2. The highest BCUT2D eigenvalue weighted by atomic mass is 32.3. The van der Waals surface area contributed by atoms with Gasteiger partial charge in [0.1, 0.15) is 0 Å². The van der Waals surface area contributed by atoms with Gasteiger partial charge in [0.25, 0.3) is 0 Å². The summed E-state index contributed by atoms with van der Waals surface area (Å²) in [5, 5.41) is 0. The first kappa shape index (κ1) is 23.2. The zero-order valence-electron chi connectivity index (χ0n) is 14.5. The van der Waals surface area contributed by atoms with Crippen molar-refractivity contribution in [3.8, 4) is 0 Å². The smallest absolute Gasteiger partial charge is 0.0311 e. The van der Waals surface area contributed by atoms with E-state index in [0.29, 0.717) is 0 Å². The average Bonchev–Trinajstić information content (AvgIpc) is 2.47. The Morgan fingerprint density at radius 1 is 0.760 bits per heavy atom. The minimum absolute atomic E-state index is 0.266. The average molecular weight is 366 g/mol. The van der Waals surface area contributed by atoms with E-state index in [2.05, 4.69) is 24.3 Å². The molecule has 0 aromatic heterocycles. The van der Waals surface area contributed by atoms with Crippen LogP contribution in [-0.4, -0.2) is 29.6 Å². The van der Waals surface area contributed by atoms with Gasteiger partial charge in [-0.05, 0) is 37.8 Å². The van der Waals surface area contributed by atoms with Crippen molar-refractivity contribution in [3.05, 3.63) is 71.8 Å². The van der Waals surface area contributed by atoms with Crippen LogP contribution in [0.2, 0.25) is 0 Å². The van der Waals surface area contributed by atoms with Gasteiger partial charge < -0.3 is 20.6 Å². The predicted octanol–water partition coefficient (Wildman–Crippen LogP) is 1.81. The van der Waals surface area contributed by atoms with Gasteiger partial charge in [-0.1, -0.05) is 60.7 Å². The molecule has 140 valence electrons. The lowest BCUT2D eigenvalue weighted by atomic mass is 10.1. The molecule has 6 nitrogen and oxygen atoms in total. The van der Waals surface area contributed by atoms with E-state index in [0.717, 1.165) is 12.8 Å². The Morgan fingerprint density at radius 2 is 1.00 bits per heavy atom. The number of benzene rings is 2. The van der Waals surface area contributed by atoms with E-state index in [1.807, 2.05) is 50.2 Å². The molecule has 0 aliphatic carbocycles. The number of hydrogen-bond acceptors (Lipinski definition) is 6. The second-order valence-electron chi connectivity index (χ2n) is 5.74. The summed E-state index contributed by atoms with van der Waals surface area (Å²) in [6.45, 7) is 4.04. The first-order valence-electron chi connectivity index (χ1n) is 7.83. The molecule has 2 aromatic rings. The van der Waals surface area contributed by atoms with Gasteiger partial charge in [-0.25, -0.2) is 0 Å². The van der Waals surface area contributed by atoms with Crippen LogP contribution in [0.15, 0.2) is 60.7 Å². The van der Waals surface area contributed by atoms with Gasteiger partial charge in [0.05, 0.1) is 0 Å². The summed E-state index contributed by atoms with van der Waals surface area (Å²) in [4.78, 5) is 0. The molecule has 0 radical (unpaired) electrons. The quantitative estimate of drug-likeness (QED) is 0.626. The molecule has 0 saturated heterocycles. The largest absolute Gasteiger partial charge is 0.759 e. The molecule has 7 heteroatoms. The minimum atomic E-state index is -5.17. The molecule has 0 saturated carbocycles. The Morgan fingerprint density at radius 3 is 1.20 bits per heavy atom. The van der Waals surface area contributed by atoms with Crippen molar-refractivity contribution < 1.29 is 17.5 Å². The van der Waals surface area contributed by atoms with Crippen LogP contribution < -0.4 is 11.5 Å². The molecule has 0 amide bonds. The maximum atomic E-state index is 8.52. The fourth-order valence-corrected chi connectivity index (χ4v) is 1.97. The van der Waals surface area contributed by atoms with Crippen molar-refractivity contribution in [2.24, 2.45) is 11.5 Å². The van der Waals surface area contributed by atoms with Gasteiger partial charge in [-0.15, -0.1) is 0 Å². The van der Waals surface area contributed by atoms with Crippen molar-refractivity contribution in [3.63, 3.8) is 0 Å². The lowest BCUT2D eigenvalue weighted by Crippen LogP contribution is -2.17. The highest BCUT2D eigenvalue weighted by molar-refractivity contribution is 7.79. The molecule has 0 bridgehead atoms. The van der Waals surface area contributed by atoms with Crippen LogP contribution >= 0.6 is 0 Å². The van der Waals surface area contributed by atoms with Crippen LogP contribution in [0.1, 0.15) is 25.0 Å². The summed E-state index contributed by atoms with van der Waals surface area (Å²) in [7, 11) is -5.17. The second-order valence-corrected chi connectivity index (χ2v) is 6.56. The van der Waals surface area contributed by atoms with Gasteiger partial charge in [-0.2, -0.15) is 0 Å². The number of rotatable bonds is 4. The van der Waals surface area contributed by atoms with Crippen LogP contribution in [0.3, 0.4) is 0 Å². The van der Waals surface area contributed by atoms with Gasteiger partial charge in [0.2, 0.25) is 0 Å². The van der Waals surface area contributed by atoms with E-state index >= 15 is 0 Å². The maximum Gasteiger partial charge on any atom is 0.0311 e. The summed E-state index contributed by atoms with van der Waals surface area (Å²) >= 11 is 0. The summed E-state index contributed by atoms with van der Waals surface area (Å²) < 4.78 is 34.1. The Kier molecular flexibility index (Phi) is 11.7. The molecule has 2 rings (SSSR count). The molecular weight excluding hydrogens is 340 g/mol. The lowest BCUT2D eigenvalue weighted by Gasteiger charge is -2.06. The summed E-state index contributed by atoms with van der Waals surface area (Å²) in [6, 6.07) is 21.1. The highest BCUT2D eigenvalue weighted by Crippen LogP contribution is 2.01. The molecule has 2 atom stereocenters. The highest BCUT2D eigenvalue weighted by Gasteiger charge is 1.95. The van der Waals surface area contributed by atoms with E-state index in [1.54, 1.807) is 0 Å². The molecule has 25 heavy (non-hydrogen) atoms. The van der Waals surface area contributed by atoms with E-state index in [9.17, 15) is 0 Å². The van der Waals surface area contributed by atoms with E-state index in [1.165, 1.54) is 11.1 Å². The Bertz CT molecular complexity index is 606. The first-order chi connectivity index (χ1) is 11.6. The molecule has 0 heterocycles. The summed E-state index contributed by atoms with van der Waals surface area (Å²) in [5.74, 6) is 0. The van der Waals surface area contributed by atoms with Crippen LogP contribution in [0.5, 0.6) is 0 Å². The van der Waals surface area contributed by atoms with Crippen LogP contribution in [0, 0.1) is 0 Å². The van der Waals surface area contributed by atoms with Crippen LogP contribution in [0.4, 0.5) is 0 Å². The fourth-order valence-electron chi connectivity index (χ4n) is 1.97. The minimum Gasteiger partial charge on any atom is -0.759 e. The molecule has 4 N–H and O–H groups in total. The standard InChI is InChI=1S/2C9H13N.H2O4S/c2*1-8(10)7-9-5-3-2-4-6-9;1-5(2,3)4/h2*2-6,8H,7,10H2,1H3;(H2,1,2,3,4)/p-2. The number of hydrogen-bond donors (Lipinski definition) is 2. The molecule has 0 spiro atoms. The van der Waals surface area contributed by atoms with Crippen molar-refractivity contribution in [1.29, 1.82) is 0 Å². The molecule has 2 unspecified atom stereocenters. The normalized spacial score (nSPS) is 12.7. The Balaban J connectivity index is 0.000000368. The van der Waals surface area contributed by atoms with Crippen molar-refractivity contribution in [2.45, 2.75) is 38.8 Å². The third-order valence-electron chi connectivity index (χ3n) is 2.80. The van der Waals surface area contributed by atoms with E-state index < -0.39 is 10.4 Å². The molecular formula is C18H26N2O4S-2. The second kappa shape index (κ2) is 12.6. The molecule has 0 aliphatic heterocycles. The topological polar surface area (TPSA) is 132 Å². The summed E-state index contributed by atoms with van der Waals surface area (Å²) in [6.07, 6.45) is 1.95. The molecule has 2 aromatic carbocycles. The third kappa shape index (κ3) is 18.4. The van der Waals surface area contributed by atoms with E-state index in [4.69, 9.17) is 29.0 Å². The lowest BCUT2D eigenvalue weighted by molar-refractivity contribution is 0.352. The van der Waals surface area contributed by atoms with Crippen molar-refractivity contribution in [1.82, 2.24) is 0 Å². The van der Waals surface area contributed by atoms with Crippen molar-refractivity contribution in [2.75, 3.05) is 0 Å². The third-order valence-corrected chi connectivity index (χ3v) is 2.80. The Labute approximate surface area is 150 Å². The predicted molar refractivity (Wildman–Crippen MR) is 98.1 cm³/mol. The zero-order valence-corrected chi connectivity index (χ0v) is 15.4. The van der Waals surface area contributed by atoms with Gasteiger partial charge in [0, 0.05) is 22.5 Å². The van der Waals surface area contributed by atoms with E-state index in [-0.39, 0.29) is 12.1 Å². The van der Waals surface area contributed by atoms with Crippen molar-refractivity contribution >= 4 is 10.4 Å². The molecule has 0 aliphatic rings. The monoisotopic (exact) mass is 366 g/mol. The van der Waals surface area contributed by atoms with Crippen LogP contribution in [0.25, 0.3) is 0 Å². The van der Waals surface area contributed by atoms with Gasteiger partial charge in [-0.3, -0.25) is 8.42 Å². The summed E-state index contributed by atoms with van der Waals surface area (Å²) in [5.41, 5.74) is 13.9. The maximum absolute atomic E-state index is 8.52. The van der Waals surface area contributed by atoms with Gasteiger partial charge in [0.15, 0.2) is 0 Å². The fraction of sp³-hybridized carbons (Fsp3) is 0.333. The SMILES string of the molecule is CC(N)Cc1ccccc1.CC(N)Cc1ccccc1.O=S(=O)([O-])[O-]. The first-order valence-corrected chi connectivity index (χ1v) is 9.17. The zero-order chi connectivity index (χ0) is 19.3.